The lowest BCUT2D eigenvalue weighted by Crippen LogP contribution is -2.06. The van der Waals surface area contributed by atoms with E-state index in [1.807, 2.05) is 56.4 Å². The smallest absolute Gasteiger partial charge is 0.136 e. The van der Waals surface area contributed by atoms with Crippen LogP contribution in [-0.2, 0) is 0 Å². The molecule has 2 atom stereocenters. The van der Waals surface area contributed by atoms with Crippen molar-refractivity contribution in [2.75, 3.05) is 0 Å². The van der Waals surface area contributed by atoms with E-state index in [4.69, 9.17) is 10.5 Å². The Morgan fingerprint density at radius 1 is 1.12 bits per heavy atom. The molecule has 0 aliphatic heterocycles. The van der Waals surface area contributed by atoms with Crippen LogP contribution in [0.15, 0.2) is 42.6 Å². The summed E-state index contributed by atoms with van der Waals surface area (Å²) in [7, 11) is 0. The van der Waals surface area contributed by atoms with Crippen LogP contribution in [-0.4, -0.2) is 4.98 Å². The number of nitrogens with two attached hydrogens (primary N) is 1. The van der Waals surface area contributed by atoms with E-state index in [0.717, 1.165) is 17.0 Å². The van der Waals surface area contributed by atoms with E-state index in [0.29, 0.717) is 0 Å². The zero-order chi connectivity index (χ0) is 12.3. The van der Waals surface area contributed by atoms with Crippen LogP contribution in [0.5, 0.6) is 5.75 Å². The van der Waals surface area contributed by atoms with Gasteiger partial charge in [0, 0.05) is 12.2 Å². The first-order valence-electron chi connectivity index (χ1n) is 5.82. The second-order valence-corrected chi connectivity index (χ2v) is 4.24. The Balaban J connectivity index is 2.04. The monoisotopic (exact) mass is 230 g/mol. The van der Waals surface area contributed by atoms with Crippen molar-refractivity contribution in [2.45, 2.75) is 26.0 Å². The molecule has 90 valence electrons. The molecule has 0 radical (unpaired) electrons. The van der Waals surface area contributed by atoms with Crippen LogP contribution < -0.4 is 10.5 Å². The Bertz CT molecular complexity index is 446. The third-order valence-electron chi connectivity index (χ3n) is 2.78. The molecular weight excluding hydrogens is 212 g/mol. The van der Waals surface area contributed by atoms with E-state index >= 15 is 0 Å². The number of hydrogen-bond donors (Lipinski definition) is 2. The highest BCUT2D eigenvalue weighted by Gasteiger charge is 2.07. The lowest BCUT2D eigenvalue weighted by atomic mass is 10.1. The topological polar surface area (TPSA) is 51.0 Å². The Kier molecular flexibility index (Phi) is 3.49. The molecule has 3 N–H and O–H groups in total. The number of nitrogens with one attached hydrogen (secondary N) is 1. The van der Waals surface area contributed by atoms with Gasteiger partial charge in [0.15, 0.2) is 0 Å². The molecule has 3 heteroatoms. The lowest BCUT2D eigenvalue weighted by Gasteiger charge is -2.14. The zero-order valence-electron chi connectivity index (χ0n) is 10.2. The first kappa shape index (κ1) is 11.7. The molecule has 0 bridgehead atoms. The van der Waals surface area contributed by atoms with Crippen molar-refractivity contribution >= 4 is 0 Å². The fraction of sp³-hybridized carbons (Fsp3) is 0.286. The maximum absolute atomic E-state index is 5.82. The van der Waals surface area contributed by atoms with Crippen molar-refractivity contribution in [2.24, 2.45) is 5.73 Å². The van der Waals surface area contributed by atoms with Gasteiger partial charge in [0.05, 0.1) is 5.69 Å². The quantitative estimate of drug-likeness (QED) is 0.847. The molecule has 0 saturated heterocycles. The largest absolute Gasteiger partial charge is 0.485 e. The maximum atomic E-state index is 5.82. The number of ether oxygens (including phenoxy) is 1. The first-order chi connectivity index (χ1) is 8.16. The lowest BCUT2D eigenvalue weighted by molar-refractivity contribution is 0.222. The van der Waals surface area contributed by atoms with Gasteiger partial charge in [-0.3, -0.25) is 0 Å². The Hall–Kier alpha value is -1.74. The Morgan fingerprint density at radius 2 is 1.82 bits per heavy atom. The van der Waals surface area contributed by atoms with Crippen LogP contribution in [0.1, 0.15) is 37.3 Å². The predicted octanol–water partition coefficient (Wildman–Crippen LogP) is 3.17. The number of H-pyrrole nitrogens is 1. The molecule has 0 saturated carbocycles. The Labute approximate surface area is 102 Å². The highest BCUT2D eigenvalue weighted by molar-refractivity contribution is 5.29. The van der Waals surface area contributed by atoms with Gasteiger partial charge in [-0.1, -0.05) is 12.1 Å². The van der Waals surface area contributed by atoms with E-state index in [1.54, 1.807) is 0 Å². The average molecular weight is 230 g/mol. The van der Waals surface area contributed by atoms with Gasteiger partial charge >= 0.3 is 0 Å². The van der Waals surface area contributed by atoms with Crippen LogP contribution in [0.2, 0.25) is 0 Å². The second-order valence-electron chi connectivity index (χ2n) is 4.24. The van der Waals surface area contributed by atoms with Gasteiger partial charge in [-0.2, -0.15) is 0 Å². The van der Waals surface area contributed by atoms with Gasteiger partial charge < -0.3 is 15.5 Å². The van der Waals surface area contributed by atoms with E-state index in [9.17, 15) is 0 Å². The number of aromatic nitrogens is 1. The fourth-order valence-corrected chi connectivity index (χ4v) is 1.71. The minimum Gasteiger partial charge on any atom is -0.485 e. The fourth-order valence-electron chi connectivity index (χ4n) is 1.71. The number of aromatic amines is 1. The van der Waals surface area contributed by atoms with Crippen molar-refractivity contribution < 1.29 is 4.74 Å². The maximum Gasteiger partial charge on any atom is 0.136 e. The average Bonchev–Trinajstić information content (AvgIpc) is 2.83. The van der Waals surface area contributed by atoms with E-state index in [2.05, 4.69) is 4.98 Å². The summed E-state index contributed by atoms with van der Waals surface area (Å²) in [6.45, 7) is 3.99. The first-order valence-corrected chi connectivity index (χ1v) is 5.82. The van der Waals surface area contributed by atoms with Gasteiger partial charge in [-0.05, 0) is 43.7 Å². The molecule has 1 heterocycles. The van der Waals surface area contributed by atoms with Gasteiger partial charge in [-0.15, -0.1) is 0 Å². The number of benzene rings is 1. The molecule has 17 heavy (non-hydrogen) atoms. The molecule has 3 nitrogen and oxygen atoms in total. The van der Waals surface area contributed by atoms with Crippen molar-refractivity contribution in [1.29, 1.82) is 0 Å². The molecular formula is C14H18N2O. The molecule has 2 aromatic rings. The van der Waals surface area contributed by atoms with Gasteiger partial charge in [-0.25, -0.2) is 0 Å². The molecule has 0 aliphatic rings. The summed E-state index contributed by atoms with van der Waals surface area (Å²) in [6, 6.07) is 12.0. The summed E-state index contributed by atoms with van der Waals surface area (Å²) in [5.41, 5.74) is 7.98. The van der Waals surface area contributed by atoms with Crippen LogP contribution in [0.25, 0.3) is 0 Å². The van der Waals surface area contributed by atoms with Crippen LogP contribution in [0, 0.1) is 0 Å². The summed E-state index contributed by atoms with van der Waals surface area (Å²) >= 11 is 0. The summed E-state index contributed by atoms with van der Waals surface area (Å²) in [6.07, 6.45) is 1.92. The van der Waals surface area contributed by atoms with Gasteiger partial charge in [0.2, 0.25) is 0 Å². The van der Waals surface area contributed by atoms with Crippen molar-refractivity contribution in [1.82, 2.24) is 4.98 Å². The SMILES string of the molecule is CC(N)c1ccc(OC(C)c2ccc[nH]2)cc1. The van der Waals surface area contributed by atoms with E-state index in [-0.39, 0.29) is 12.1 Å². The van der Waals surface area contributed by atoms with Crippen molar-refractivity contribution in [3.8, 4) is 5.75 Å². The second kappa shape index (κ2) is 5.06. The molecule has 0 spiro atoms. The minimum atomic E-state index is 0.0196. The van der Waals surface area contributed by atoms with Crippen LogP contribution in [0.4, 0.5) is 0 Å². The van der Waals surface area contributed by atoms with Crippen molar-refractivity contribution in [3.63, 3.8) is 0 Å². The summed E-state index contributed by atoms with van der Waals surface area (Å²) in [5.74, 6) is 0.858. The molecule has 0 fully saturated rings. The summed E-state index contributed by atoms with van der Waals surface area (Å²) in [4.78, 5) is 3.14. The molecule has 0 aliphatic carbocycles. The summed E-state index contributed by atoms with van der Waals surface area (Å²) < 4.78 is 5.82. The molecule has 1 aromatic heterocycles. The molecule has 0 amide bonds. The standard InChI is InChI=1S/C14H18N2O/c1-10(15)12-5-7-13(8-6-12)17-11(2)14-4-3-9-16-14/h3-11,16H,15H2,1-2H3. The number of rotatable bonds is 4. The molecule has 1 aromatic carbocycles. The van der Waals surface area contributed by atoms with E-state index in [1.165, 1.54) is 0 Å². The predicted molar refractivity (Wildman–Crippen MR) is 68.9 cm³/mol. The number of hydrogen-bond acceptors (Lipinski definition) is 2. The molecule has 2 unspecified atom stereocenters. The summed E-state index contributed by atoms with van der Waals surface area (Å²) in [5, 5.41) is 0. The highest BCUT2D eigenvalue weighted by atomic mass is 16.5. The molecule has 2 rings (SSSR count). The van der Waals surface area contributed by atoms with Crippen LogP contribution in [0.3, 0.4) is 0 Å². The minimum absolute atomic E-state index is 0.0196. The highest BCUT2D eigenvalue weighted by Crippen LogP contribution is 2.22. The third kappa shape index (κ3) is 2.88. The van der Waals surface area contributed by atoms with Crippen molar-refractivity contribution in [3.05, 3.63) is 53.9 Å². The Morgan fingerprint density at radius 3 is 2.35 bits per heavy atom. The van der Waals surface area contributed by atoms with E-state index < -0.39 is 0 Å². The zero-order valence-corrected chi connectivity index (χ0v) is 10.2. The van der Waals surface area contributed by atoms with Gasteiger partial charge in [0.1, 0.15) is 11.9 Å². The normalized spacial score (nSPS) is 14.3. The third-order valence-corrected chi connectivity index (χ3v) is 2.78. The van der Waals surface area contributed by atoms with Gasteiger partial charge in [0.25, 0.3) is 0 Å². The van der Waals surface area contributed by atoms with Crippen LogP contribution >= 0.6 is 0 Å².